The highest BCUT2D eigenvalue weighted by Gasteiger charge is 2.44. The third kappa shape index (κ3) is 6.98. The number of halogens is 1. The topological polar surface area (TPSA) is 87.7 Å². The normalized spacial score (nSPS) is 26.1. The lowest BCUT2D eigenvalue weighted by Gasteiger charge is -2.40. The molecule has 2 N–H and O–H groups in total. The molecular weight excluding hydrogens is 466 g/mol. The second kappa shape index (κ2) is 12.7. The molecule has 1 saturated carbocycles. The van der Waals surface area contributed by atoms with Crippen molar-refractivity contribution in [2.75, 3.05) is 18.5 Å². The molecule has 2 fully saturated rings. The number of benzene rings is 1. The molecule has 1 aliphatic carbocycles. The second-order valence-electron chi connectivity index (χ2n) is 9.98. The molecule has 1 saturated heterocycles. The standard InChI is InChI=1S/C27H40ClN3O4/c1-5-12-31-23(25(32)29-20-10-8-7-9-11-20)16-35-18(4)24(22(6-2)27(31)34)26(33)30-21-14-17(3)13-19(28)15-21/h13-15,18,20,22-24H,5-12,16H2,1-4H3,(H,29,32)(H,30,33). The Balaban J connectivity index is 1.82. The van der Waals surface area contributed by atoms with E-state index < -0.39 is 24.0 Å². The molecule has 194 valence electrons. The van der Waals surface area contributed by atoms with Gasteiger partial charge in [-0.2, -0.15) is 0 Å². The number of hydrogen-bond acceptors (Lipinski definition) is 4. The molecule has 4 unspecified atom stereocenters. The van der Waals surface area contributed by atoms with Crippen LogP contribution in [0, 0.1) is 18.8 Å². The Morgan fingerprint density at radius 1 is 1.11 bits per heavy atom. The van der Waals surface area contributed by atoms with Crippen LogP contribution >= 0.6 is 11.6 Å². The monoisotopic (exact) mass is 505 g/mol. The Kier molecular flexibility index (Phi) is 9.99. The fraction of sp³-hybridized carbons (Fsp3) is 0.667. The van der Waals surface area contributed by atoms with E-state index in [2.05, 4.69) is 10.6 Å². The minimum atomic E-state index is -0.694. The first-order valence-corrected chi connectivity index (χ1v) is 13.4. The van der Waals surface area contributed by atoms with E-state index in [0.29, 0.717) is 30.1 Å². The van der Waals surface area contributed by atoms with Gasteiger partial charge in [-0.1, -0.05) is 44.7 Å². The second-order valence-corrected chi connectivity index (χ2v) is 10.4. The van der Waals surface area contributed by atoms with Gasteiger partial charge in [0.25, 0.3) is 0 Å². The number of ether oxygens (including phenoxy) is 1. The maximum absolute atomic E-state index is 13.8. The van der Waals surface area contributed by atoms with Crippen LogP contribution in [0.1, 0.15) is 71.3 Å². The highest BCUT2D eigenvalue weighted by molar-refractivity contribution is 6.31. The minimum Gasteiger partial charge on any atom is -0.375 e. The summed E-state index contributed by atoms with van der Waals surface area (Å²) in [6, 6.07) is 4.81. The van der Waals surface area contributed by atoms with Crippen molar-refractivity contribution in [3.8, 4) is 0 Å². The first-order valence-electron chi connectivity index (χ1n) is 13.1. The first-order chi connectivity index (χ1) is 16.7. The molecule has 3 amide bonds. The number of carbonyl (C=O) groups excluding carboxylic acids is 3. The van der Waals surface area contributed by atoms with Crippen LogP contribution in [-0.4, -0.2) is 54.0 Å². The van der Waals surface area contributed by atoms with Gasteiger partial charge < -0.3 is 20.3 Å². The quantitative estimate of drug-likeness (QED) is 0.562. The van der Waals surface area contributed by atoms with E-state index in [4.69, 9.17) is 16.3 Å². The van der Waals surface area contributed by atoms with Gasteiger partial charge in [-0.05, 0) is 63.3 Å². The zero-order chi connectivity index (χ0) is 25.5. The van der Waals surface area contributed by atoms with Gasteiger partial charge in [-0.25, -0.2) is 0 Å². The van der Waals surface area contributed by atoms with Crippen LogP contribution in [0.3, 0.4) is 0 Å². The maximum atomic E-state index is 13.8. The number of rotatable bonds is 7. The number of aryl methyl sites for hydroxylation is 1. The van der Waals surface area contributed by atoms with Crippen molar-refractivity contribution in [1.82, 2.24) is 10.2 Å². The lowest BCUT2D eigenvalue weighted by Crippen LogP contribution is -2.59. The first kappa shape index (κ1) is 27.5. The molecule has 1 aromatic rings. The number of nitrogens with one attached hydrogen (secondary N) is 2. The average molecular weight is 506 g/mol. The van der Waals surface area contributed by atoms with Crippen molar-refractivity contribution in [3.05, 3.63) is 28.8 Å². The van der Waals surface area contributed by atoms with E-state index in [1.165, 1.54) is 6.42 Å². The average Bonchev–Trinajstić information content (AvgIpc) is 2.80. The molecule has 1 aromatic carbocycles. The molecule has 0 bridgehead atoms. The van der Waals surface area contributed by atoms with Crippen LogP contribution < -0.4 is 10.6 Å². The van der Waals surface area contributed by atoms with Gasteiger partial charge in [0.05, 0.1) is 24.5 Å². The fourth-order valence-electron chi connectivity index (χ4n) is 5.41. The van der Waals surface area contributed by atoms with Crippen molar-refractivity contribution in [2.24, 2.45) is 11.8 Å². The predicted octanol–water partition coefficient (Wildman–Crippen LogP) is 4.70. The molecule has 3 rings (SSSR count). The predicted molar refractivity (Wildman–Crippen MR) is 138 cm³/mol. The SMILES string of the molecule is CCCN1C(=O)C(CC)C(C(=O)Nc2cc(C)cc(Cl)c2)C(C)OCC1C(=O)NC1CCCCC1. The summed E-state index contributed by atoms with van der Waals surface area (Å²) in [6.07, 6.45) is 6.02. The van der Waals surface area contributed by atoms with Gasteiger partial charge in [0.1, 0.15) is 6.04 Å². The van der Waals surface area contributed by atoms with Crippen LogP contribution in [0.15, 0.2) is 18.2 Å². The number of carbonyl (C=O) groups is 3. The van der Waals surface area contributed by atoms with Crippen molar-refractivity contribution in [1.29, 1.82) is 0 Å². The van der Waals surface area contributed by atoms with E-state index in [-0.39, 0.29) is 30.4 Å². The van der Waals surface area contributed by atoms with E-state index in [0.717, 1.165) is 31.2 Å². The summed E-state index contributed by atoms with van der Waals surface area (Å²) in [4.78, 5) is 42.2. The maximum Gasteiger partial charge on any atom is 0.245 e. The summed E-state index contributed by atoms with van der Waals surface area (Å²) >= 11 is 6.17. The van der Waals surface area contributed by atoms with Crippen LogP contribution in [0.5, 0.6) is 0 Å². The Morgan fingerprint density at radius 3 is 2.46 bits per heavy atom. The highest BCUT2D eigenvalue weighted by atomic mass is 35.5. The Labute approximate surface area is 214 Å². The van der Waals surface area contributed by atoms with Gasteiger partial charge in [-0.3, -0.25) is 14.4 Å². The minimum absolute atomic E-state index is 0.0714. The van der Waals surface area contributed by atoms with Crippen molar-refractivity contribution < 1.29 is 19.1 Å². The molecule has 8 heteroatoms. The molecule has 0 spiro atoms. The van der Waals surface area contributed by atoms with Gasteiger partial charge >= 0.3 is 0 Å². The van der Waals surface area contributed by atoms with Gasteiger partial charge in [-0.15, -0.1) is 0 Å². The molecule has 0 aromatic heterocycles. The fourth-order valence-corrected chi connectivity index (χ4v) is 5.70. The Hall–Kier alpha value is -2.12. The summed E-state index contributed by atoms with van der Waals surface area (Å²) in [5.41, 5.74) is 1.52. The Bertz CT molecular complexity index is 882. The summed E-state index contributed by atoms with van der Waals surface area (Å²) in [6.45, 7) is 8.12. The third-order valence-corrected chi connectivity index (χ3v) is 7.42. The molecule has 7 nitrogen and oxygen atoms in total. The summed E-state index contributed by atoms with van der Waals surface area (Å²) < 4.78 is 6.14. The summed E-state index contributed by atoms with van der Waals surface area (Å²) in [5.74, 6) is -1.87. The molecule has 2 aliphatic rings. The Morgan fingerprint density at radius 2 is 1.83 bits per heavy atom. The number of amides is 3. The zero-order valence-electron chi connectivity index (χ0n) is 21.4. The van der Waals surface area contributed by atoms with Gasteiger partial charge in [0.2, 0.25) is 17.7 Å². The van der Waals surface area contributed by atoms with Crippen LogP contribution in [0.4, 0.5) is 5.69 Å². The van der Waals surface area contributed by atoms with E-state index >= 15 is 0 Å². The van der Waals surface area contributed by atoms with E-state index in [1.807, 2.05) is 39.8 Å². The number of anilines is 1. The van der Waals surface area contributed by atoms with E-state index in [9.17, 15) is 14.4 Å². The lowest BCUT2D eigenvalue weighted by atomic mass is 9.83. The van der Waals surface area contributed by atoms with Crippen molar-refractivity contribution >= 4 is 35.0 Å². The van der Waals surface area contributed by atoms with Crippen molar-refractivity contribution in [3.63, 3.8) is 0 Å². The van der Waals surface area contributed by atoms with E-state index in [1.54, 1.807) is 11.0 Å². The lowest BCUT2D eigenvalue weighted by molar-refractivity contribution is -0.159. The molecule has 1 aliphatic heterocycles. The largest absolute Gasteiger partial charge is 0.375 e. The molecule has 1 heterocycles. The molecule has 35 heavy (non-hydrogen) atoms. The van der Waals surface area contributed by atoms with Crippen molar-refractivity contribution in [2.45, 2.75) is 90.8 Å². The number of hydrogen-bond donors (Lipinski definition) is 2. The number of nitrogens with zero attached hydrogens (tertiary/aromatic N) is 1. The molecule has 0 radical (unpaired) electrons. The summed E-state index contributed by atoms with van der Waals surface area (Å²) in [5, 5.41) is 6.64. The zero-order valence-corrected chi connectivity index (χ0v) is 22.2. The highest BCUT2D eigenvalue weighted by Crippen LogP contribution is 2.30. The van der Waals surface area contributed by atoms with Gasteiger partial charge in [0, 0.05) is 23.3 Å². The van der Waals surface area contributed by atoms with Crippen LogP contribution in [0.25, 0.3) is 0 Å². The molecular formula is C27H40ClN3O4. The molecule has 4 atom stereocenters. The van der Waals surface area contributed by atoms with Gasteiger partial charge in [0.15, 0.2) is 0 Å². The van der Waals surface area contributed by atoms with Crippen LogP contribution in [-0.2, 0) is 19.1 Å². The third-order valence-electron chi connectivity index (χ3n) is 7.20. The summed E-state index contributed by atoms with van der Waals surface area (Å²) in [7, 11) is 0. The smallest absolute Gasteiger partial charge is 0.245 e. The van der Waals surface area contributed by atoms with Crippen LogP contribution in [0.2, 0.25) is 5.02 Å².